The maximum Gasteiger partial charge on any atom is 0.266 e. The van der Waals surface area contributed by atoms with E-state index in [1.807, 2.05) is 0 Å². The van der Waals surface area contributed by atoms with Crippen molar-refractivity contribution >= 4 is 39.9 Å². The molecule has 0 saturated carbocycles. The van der Waals surface area contributed by atoms with E-state index >= 15 is 0 Å². The SMILES string of the molecule is O=C(CCCc1cc(F)cc(Cl)c1)C1(O)CCN(c2ccc3[nH]ncc3c2)C1=O. The van der Waals surface area contributed by atoms with Gasteiger partial charge in [-0.2, -0.15) is 5.10 Å². The van der Waals surface area contributed by atoms with Gasteiger partial charge in [-0.1, -0.05) is 11.6 Å². The first-order chi connectivity index (χ1) is 13.9. The van der Waals surface area contributed by atoms with Gasteiger partial charge in [0.25, 0.3) is 5.91 Å². The molecule has 4 rings (SSSR count). The minimum Gasteiger partial charge on any atom is -0.373 e. The highest BCUT2D eigenvalue weighted by molar-refractivity contribution is 6.30. The zero-order valence-corrected chi connectivity index (χ0v) is 16.2. The number of nitrogens with one attached hydrogen (secondary N) is 1. The van der Waals surface area contributed by atoms with E-state index in [0.717, 1.165) is 10.9 Å². The van der Waals surface area contributed by atoms with Gasteiger partial charge in [-0.25, -0.2) is 4.39 Å². The van der Waals surface area contributed by atoms with E-state index in [9.17, 15) is 19.1 Å². The van der Waals surface area contributed by atoms with Crippen LogP contribution in [0.5, 0.6) is 0 Å². The first-order valence-corrected chi connectivity index (χ1v) is 9.70. The van der Waals surface area contributed by atoms with Crippen LogP contribution in [0.2, 0.25) is 5.02 Å². The normalized spacial score (nSPS) is 19.3. The van der Waals surface area contributed by atoms with E-state index in [2.05, 4.69) is 10.2 Å². The predicted molar refractivity (Wildman–Crippen MR) is 107 cm³/mol. The number of aromatic amines is 1. The number of hydrogen-bond acceptors (Lipinski definition) is 4. The van der Waals surface area contributed by atoms with Gasteiger partial charge < -0.3 is 10.0 Å². The van der Waals surface area contributed by atoms with Crippen molar-refractivity contribution in [1.82, 2.24) is 10.2 Å². The van der Waals surface area contributed by atoms with E-state index in [4.69, 9.17) is 11.6 Å². The van der Waals surface area contributed by atoms with Gasteiger partial charge in [0, 0.05) is 35.5 Å². The third kappa shape index (κ3) is 3.75. The molecule has 1 aliphatic rings. The minimum atomic E-state index is -2.02. The fourth-order valence-corrected chi connectivity index (χ4v) is 3.97. The topological polar surface area (TPSA) is 86.3 Å². The van der Waals surface area contributed by atoms with Crippen LogP contribution >= 0.6 is 11.6 Å². The Kier molecular flexibility index (Phi) is 5.10. The first-order valence-electron chi connectivity index (χ1n) is 9.32. The number of benzene rings is 2. The molecule has 2 N–H and O–H groups in total. The third-order valence-corrected chi connectivity index (χ3v) is 5.50. The molecule has 1 unspecified atom stereocenters. The zero-order chi connectivity index (χ0) is 20.6. The van der Waals surface area contributed by atoms with Crippen LogP contribution in [0.3, 0.4) is 0 Å². The molecule has 1 atom stereocenters. The van der Waals surface area contributed by atoms with E-state index in [1.54, 1.807) is 30.5 Å². The maximum absolute atomic E-state index is 13.4. The van der Waals surface area contributed by atoms with Crippen LogP contribution in [0.15, 0.2) is 42.6 Å². The fraction of sp³-hybridized carbons (Fsp3) is 0.286. The lowest BCUT2D eigenvalue weighted by atomic mass is 9.92. The maximum atomic E-state index is 13.4. The number of ketones is 1. The molecule has 2 heterocycles. The van der Waals surface area contributed by atoms with Crippen LogP contribution in [0.1, 0.15) is 24.8 Å². The highest BCUT2D eigenvalue weighted by Gasteiger charge is 2.50. The van der Waals surface area contributed by atoms with Crippen molar-refractivity contribution in [3.05, 3.63) is 59.0 Å². The Morgan fingerprint density at radius 2 is 2.14 bits per heavy atom. The number of carbonyl (C=O) groups is 2. The average molecular weight is 416 g/mol. The second kappa shape index (κ2) is 7.57. The number of H-pyrrole nitrogens is 1. The number of aromatic nitrogens is 2. The molecule has 1 amide bonds. The number of hydrogen-bond donors (Lipinski definition) is 2. The van der Waals surface area contributed by atoms with Gasteiger partial charge in [0.1, 0.15) is 5.82 Å². The second-order valence-corrected chi connectivity index (χ2v) is 7.70. The molecule has 29 heavy (non-hydrogen) atoms. The van der Waals surface area contributed by atoms with Crippen LogP contribution < -0.4 is 4.90 Å². The van der Waals surface area contributed by atoms with Crippen LogP contribution in [-0.2, 0) is 16.0 Å². The molecule has 1 saturated heterocycles. The summed E-state index contributed by atoms with van der Waals surface area (Å²) in [6.45, 7) is 0.254. The molecule has 1 aromatic heterocycles. The number of aliphatic hydroxyl groups is 1. The van der Waals surface area contributed by atoms with Gasteiger partial charge >= 0.3 is 0 Å². The Morgan fingerprint density at radius 1 is 1.31 bits per heavy atom. The number of aryl methyl sites for hydroxylation is 1. The number of anilines is 1. The number of amides is 1. The van der Waals surface area contributed by atoms with Crippen molar-refractivity contribution in [3.63, 3.8) is 0 Å². The summed E-state index contributed by atoms with van der Waals surface area (Å²) >= 11 is 5.84. The molecule has 0 spiro atoms. The largest absolute Gasteiger partial charge is 0.373 e. The van der Waals surface area contributed by atoms with Gasteiger partial charge in [0.05, 0.1) is 11.7 Å². The van der Waals surface area contributed by atoms with Gasteiger partial charge in [0.15, 0.2) is 5.78 Å². The van der Waals surface area contributed by atoms with E-state index in [-0.39, 0.29) is 19.4 Å². The van der Waals surface area contributed by atoms with Crippen molar-refractivity contribution < 1.29 is 19.1 Å². The molecule has 8 heteroatoms. The van der Waals surface area contributed by atoms with Crippen molar-refractivity contribution in [2.24, 2.45) is 0 Å². The zero-order valence-electron chi connectivity index (χ0n) is 15.5. The summed E-state index contributed by atoms with van der Waals surface area (Å²) in [5, 5.41) is 18.7. The quantitative estimate of drug-likeness (QED) is 0.604. The molecule has 0 radical (unpaired) electrons. The summed E-state index contributed by atoms with van der Waals surface area (Å²) < 4.78 is 13.4. The van der Waals surface area contributed by atoms with Crippen molar-refractivity contribution in [1.29, 1.82) is 0 Å². The van der Waals surface area contributed by atoms with Crippen LogP contribution in [-0.4, -0.2) is 39.1 Å². The van der Waals surface area contributed by atoms with Gasteiger partial charge in [0.2, 0.25) is 5.60 Å². The van der Waals surface area contributed by atoms with E-state index < -0.39 is 23.1 Å². The monoisotopic (exact) mass is 415 g/mol. The summed E-state index contributed by atoms with van der Waals surface area (Å²) in [7, 11) is 0. The van der Waals surface area contributed by atoms with E-state index in [1.165, 1.54) is 17.0 Å². The molecule has 0 bridgehead atoms. The summed E-state index contributed by atoms with van der Waals surface area (Å²) in [5.41, 5.74) is 0.0964. The minimum absolute atomic E-state index is 0.0188. The molecule has 6 nitrogen and oxygen atoms in total. The van der Waals surface area contributed by atoms with Crippen LogP contribution in [0.25, 0.3) is 10.9 Å². The number of Topliss-reactive ketones (excluding diaryl/α,β-unsaturated/α-hetero) is 1. The molecule has 1 fully saturated rings. The Bertz CT molecular complexity index is 1080. The molecular formula is C21H19ClFN3O3. The first kappa shape index (κ1) is 19.5. The Morgan fingerprint density at radius 3 is 2.93 bits per heavy atom. The lowest BCUT2D eigenvalue weighted by molar-refractivity contribution is -0.147. The van der Waals surface area contributed by atoms with Crippen molar-refractivity contribution in [2.45, 2.75) is 31.3 Å². The number of carbonyl (C=O) groups excluding carboxylic acids is 2. The highest BCUT2D eigenvalue weighted by atomic mass is 35.5. The van der Waals surface area contributed by atoms with Gasteiger partial charge in [-0.15, -0.1) is 0 Å². The van der Waals surface area contributed by atoms with Crippen molar-refractivity contribution in [3.8, 4) is 0 Å². The highest BCUT2D eigenvalue weighted by Crippen LogP contribution is 2.31. The Labute approximate surface area is 171 Å². The molecule has 1 aliphatic heterocycles. The molecule has 150 valence electrons. The number of fused-ring (bicyclic) bond motifs is 1. The molecule has 3 aromatic rings. The standard InChI is InChI=1S/C21H19ClFN3O3/c22-15-8-13(9-16(23)11-15)2-1-3-19(27)21(29)6-7-26(20(21)28)17-4-5-18-14(10-17)12-24-25-18/h4-5,8-12,29H,1-3,6-7H2,(H,24,25). The van der Waals surface area contributed by atoms with E-state index in [0.29, 0.717) is 29.1 Å². The summed E-state index contributed by atoms with van der Waals surface area (Å²) in [6, 6.07) is 9.56. The van der Waals surface area contributed by atoms with Gasteiger partial charge in [-0.05, 0) is 54.8 Å². The lowest BCUT2D eigenvalue weighted by Gasteiger charge is -2.21. The van der Waals surface area contributed by atoms with Crippen molar-refractivity contribution in [2.75, 3.05) is 11.4 Å². The van der Waals surface area contributed by atoms with Crippen LogP contribution in [0, 0.1) is 5.82 Å². The molecular weight excluding hydrogens is 397 g/mol. The average Bonchev–Trinajstić information content (AvgIpc) is 3.26. The fourth-order valence-electron chi connectivity index (χ4n) is 3.72. The third-order valence-electron chi connectivity index (χ3n) is 5.28. The molecule has 0 aliphatic carbocycles. The summed E-state index contributed by atoms with van der Waals surface area (Å²) in [5.74, 6) is -1.57. The number of rotatable bonds is 6. The number of nitrogens with zero attached hydrogens (tertiary/aromatic N) is 2. The van der Waals surface area contributed by atoms with Crippen LogP contribution in [0.4, 0.5) is 10.1 Å². The lowest BCUT2D eigenvalue weighted by Crippen LogP contribution is -2.46. The molecule has 2 aromatic carbocycles. The number of halogens is 2. The smallest absolute Gasteiger partial charge is 0.266 e. The Balaban J connectivity index is 1.42. The summed E-state index contributed by atoms with van der Waals surface area (Å²) in [4.78, 5) is 26.9. The Hall–Kier alpha value is -2.77. The summed E-state index contributed by atoms with van der Waals surface area (Å²) in [6.07, 6.45) is 2.52. The van der Waals surface area contributed by atoms with Gasteiger partial charge in [-0.3, -0.25) is 14.7 Å². The second-order valence-electron chi connectivity index (χ2n) is 7.26. The predicted octanol–water partition coefficient (Wildman–Crippen LogP) is 3.42.